The van der Waals surface area contributed by atoms with Gasteiger partial charge in [0.1, 0.15) is 0 Å². The molecule has 0 bridgehead atoms. The first-order chi connectivity index (χ1) is 10.6. The number of carbonyl (C=O) groups excluding carboxylic acids is 2. The number of rotatable bonds is 13. The highest BCUT2D eigenvalue weighted by molar-refractivity contribution is 5.98. The lowest BCUT2D eigenvalue weighted by Gasteiger charge is -2.25. The van der Waals surface area contributed by atoms with E-state index in [0.29, 0.717) is 19.1 Å². The van der Waals surface area contributed by atoms with Crippen LogP contribution in [0.1, 0.15) is 39.0 Å². The Morgan fingerprint density at radius 3 is 1.82 bits per heavy atom. The molecule has 1 atom stereocenters. The Labute approximate surface area is 136 Å². The zero-order valence-electron chi connectivity index (χ0n) is 13.2. The van der Waals surface area contributed by atoms with E-state index in [9.17, 15) is 9.59 Å². The van der Waals surface area contributed by atoms with Crippen LogP contribution in [0.15, 0.2) is 25.3 Å². The van der Waals surface area contributed by atoms with Gasteiger partial charge < -0.3 is 13.9 Å². The molecule has 0 saturated heterocycles. The molecule has 123 valence electrons. The molecule has 0 heterocycles. The van der Waals surface area contributed by atoms with Crippen molar-refractivity contribution in [3.8, 4) is 0 Å². The van der Waals surface area contributed by atoms with Crippen molar-refractivity contribution in [3.63, 3.8) is 0 Å². The SMILES string of the molecule is C=CC(=O)OCCCC(CCCOC(=O)C=C)C(CC)O[Si]. The van der Waals surface area contributed by atoms with Crippen LogP contribution in [-0.2, 0) is 23.5 Å². The zero-order valence-corrected chi connectivity index (χ0v) is 14.2. The van der Waals surface area contributed by atoms with Gasteiger partial charge >= 0.3 is 11.9 Å². The zero-order chi connectivity index (χ0) is 16.8. The topological polar surface area (TPSA) is 61.8 Å². The molecular weight excluding hydrogens is 300 g/mol. The molecular formula is C16H25O5Si. The van der Waals surface area contributed by atoms with Crippen LogP contribution in [0.2, 0.25) is 0 Å². The molecule has 6 heteroatoms. The molecule has 0 fully saturated rings. The molecule has 0 aliphatic rings. The van der Waals surface area contributed by atoms with E-state index in [4.69, 9.17) is 13.9 Å². The van der Waals surface area contributed by atoms with Gasteiger partial charge in [-0.25, -0.2) is 9.59 Å². The van der Waals surface area contributed by atoms with Gasteiger partial charge in [-0.2, -0.15) is 0 Å². The standard InChI is InChI=1S/C16H25O5Si/c1-4-14(21-22)13(9-7-11-19-15(17)5-2)10-8-12-20-16(18)6-3/h5-6,13-14H,2-4,7-12H2,1H3. The number of carbonyl (C=O) groups is 2. The summed E-state index contributed by atoms with van der Waals surface area (Å²) in [6.07, 6.45) is 6.48. The number of ether oxygens (including phenoxy) is 2. The molecule has 0 aromatic heterocycles. The van der Waals surface area contributed by atoms with Crippen molar-refractivity contribution < 1.29 is 23.5 Å². The molecule has 0 rings (SSSR count). The average Bonchev–Trinajstić information content (AvgIpc) is 2.54. The molecule has 0 saturated carbocycles. The quantitative estimate of drug-likeness (QED) is 0.225. The van der Waals surface area contributed by atoms with Gasteiger partial charge in [-0.15, -0.1) is 0 Å². The Morgan fingerprint density at radius 2 is 1.50 bits per heavy atom. The van der Waals surface area contributed by atoms with Gasteiger partial charge in [0.25, 0.3) is 0 Å². The van der Waals surface area contributed by atoms with Gasteiger partial charge in [0.2, 0.25) is 10.5 Å². The van der Waals surface area contributed by atoms with E-state index in [2.05, 4.69) is 23.6 Å². The lowest BCUT2D eigenvalue weighted by Crippen LogP contribution is -2.24. The van der Waals surface area contributed by atoms with E-state index in [1.807, 2.05) is 6.92 Å². The van der Waals surface area contributed by atoms with E-state index in [0.717, 1.165) is 44.3 Å². The number of hydrogen-bond acceptors (Lipinski definition) is 5. The van der Waals surface area contributed by atoms with Crippen molar-refractivity contribution in [2.75, 3.05) is 13.2 Å². The van der Waals surface area contributed by atoms with Crippen LogP contribution < -0.4 is 0 Å². The maximum atomic E-state index is 11.0. The van der Waals surface area contributed by atoms with Gasteiger partial charge in [-0.05, 0) is 38.0 Å². The second-order valence-corrected chi connectivity index (χ2v) is 5.09. The predicted octanol–water partition coefficient (Wildman–Crippen LogP) is 2.50. The van der Waals surface area contributed by atoms with E-state index in [1.165, 1.54) is 0 Å². The van der Waals surface area contributed by atoms with E-state index < -0.39 is 11.9 Å². The van der Waals surface area contributed by atoms with Crippen molar-refractivity contribution >= 4 is 22.4 Å². The summed E-state index contributed by atoms with van der Waals surface area (Å²) < 4.78 is 15.3. The summed E-state index contributed by atoms with van der Waals surface area (Å²) in [5.41, 5.74) is 0. The molecule has 0 amide bonds. The largest absolute Gasteiger partial charge is 0.463 e. The highest BCUT2D eigenvalue weighted by atomic mass is 28.2. The average molecular weight is 325 g/mol. The first-order valence-electron chi connectivity index (χ1n) is 7.49. The molecule has 1 unspecified atom stereocenters. The minimum Gasteiger partial charge on any atom is -0.463 e. The molecule has 0 aromatic carbocycles. The summed E-state index contributed by atoms with van der Waals surface area (Å²) in [7, 11) is 3.12. The summed E-state index contributed by atoms with van der Waals surface area (Å²) in [4.78, 5) is 22.0. The molecule has 3 radical (unpaired) electrons. The van der Waals surface area contributed by atoms with Crippen molar-refractivity contribution in [3.05, 3.63) is 25.3 Å². The molecule has 0 aromatic rings. The van der Waals surface area contributed by atoms with Crippen LogP contribution in [0, 0.1) is 5.92 Å². The Kier molecular flexibility index (Phi) is 12.4. The van der Waals surface area contributed by atoms with Gasteiger partial charge in [0.15, 0.2) is 0 Å². The minimum atomic E-state index is -0.406. The summed E-state index contributed by atoms with van der Waals surface area (Å²) in [5, 5.41) is 0. The van der Waals surface area contributed by atoms with Gasteiger partial charge in [-0.1, -0.05) is 20.1 Å². The Bertz CT molecular complexity index is 324. The Morgan fingerprint density at radius 1 is 1.05 bits per heavy atom. The number of hydrogen-bond donors (Lipinski definition) is 0. The van der Waals surface area contributed by atoms with Crippen molar-refractivity contribution in [2.45, 2.75) is 45.1 Å². The Hall–Kier alpha value is -1.40. The third-order valence-electron chi connectivity index (χ3n) is 3.34. The fourth-order valence-corrected chi connectivity index (χ4v) is 2.54. The van der Waals surface area contributed by atoms with Crippen LogP contribution in [0.3, 0.4) is 0 Å². The first-order valence-corrected chi connectivity index (χ1v) is 7.90. The number of esters is 2. The normalized spacial score (nSPS) is 11.8. The van der Waals surface area contributed by atoms with Crippen LogP contribution >= 0.6 is 0 Å². The van der Waals surface area contributed by atoms with Crippen LogP contribution in [0.4, 0.5) is 0 Å². The highest BCUT2D eigenvalue weighted by Crippen LogP contribution is 2.22. The molecule has 0 N–H and O–H groups in total. The van der Waals surface area contributed by atoms with Crippen LogP contribution in [0.5, 0.6) is 0 Å². The van der Waals surface area contributed by atoms with Crippen LogP contribution in [0.25, 0.3) is 0 Å². The predicted molar refractivity (Wildman–Crippen MR) is 85.2 cm³/mol. The van der Waals surface area contributed by atoms with Crippen molar-refractivity contribution in [2.24, 2.45) is 5.92 Å². The van der Waals surface area contributed by atoms with E-state index in [1.54, 1.807) is 0 Å². The second-order valence-electron chi connectivity index (χ2n) is 4.85. The third-order valence-corrected chi connectivity index (χ3v) is 3.64. The second kappa shape index (κ2) is 13.3. The summed E-state index contributed by atoms with van der Waals surface area (Å²) in [5.74, 6) is -0.514. The van der Waals surface area contributed by atoms with Gasteiger partial charge in [0.05, 0.1) is 13.2 Å². The fourth-order valence-electron chi connectivity index (χ4n) is 2.18. The lowest BCUT2D eigenvalue weighted by molar-refractivity contribution is -0.138. The van der Waals surface area contributed by atoms with Crippen molar-refractivity contribution in [1.29, 1.82) is 0 Å². The summed E-state index contributed by atoms with van der Waals surface area (Å²) in [6.45, 7) is 9.48. The van der Waals surface area contributed by atoms with Gasteiger partial charge in [0, 0.05) is 18.3 Å². The summed E-state index contributed by atoms with van der Waals surface area (Å²) >= 11 is 0. The summed E-state index contributed by atoms with van der Waals surface area (Å²) in [6, 6.07) is 0. The third kappa shape index (κ3) is 9.52. The van der Waals surface area contributed by atoms with Crippen molar-refractivity contribution in [1.82, 2.24) is 0 Å². The first kappa shape index (κ1) is 20.6. The monoisotopic (exact) mass is 325 g/mol. The smallest absolute Gasteiger partial charge is 0.330 e. The van der Waals surface area contributed by atoms with E-state index in [-0.39, 0.29) is 6.10 Å². The van der Waals surface area contributed by atoms with E-state index >= 15 is 0 Å². The minimum absolute atomic E-state index is 0.0712. The Balaban J connectivity index is 4.14. The molecule has 0 aliphatic heterocycles. The molecule has 22 heavy (non-hydrogen) atoms. The highest BCUT2D eigenvalue weighted by Gasteiger charge is 2.19. The van der Waals surface area contributed by atoms with Gasteiger partial charge in [-0.3, -0.25) is 0 Å². The molecule has 5 nitrogen and oxygen atoms in total. The lowest BCUT2D eigenvalue weighted by atomic mass is 9.91. The fraction of sp³-hybridized carbons (Fsp3) is 0.625. The maximum Gasteiger partial charge on any atom is 0.330 e. The molecule has 0 aliphatic carbocycles. The maximum absolute atomic E-state index is 11.0. The van der Waals surface area contributed by atoms with Crippen LogP contribution in [-0.4, -0.2) is 41.7 Å². The molecule has 0 spiro atoms.